The topological polar surface area (TPSA) is 32.3 Å². The van der Waals surface area contributed by atoms with Crippen molar-refractivity contribution in [1.82, 2.24) is 10.2 Å². The standard InChI is InChI=1S/C17H20F6N2O/c1-25-4-2-11(3-5-25)8-15(26)24-10-12-6-13(16(18,19)20)9-14(7-12)17(21,22)23/h6-7,9,11H,2-5,8,10H2,1H3,(H,24,26). The Hall–Kier alpha value is -1.77. The van der Waals surface area contributed by atoms with E-state index in [1.807, 2.05) is 7.05 Å². The first-order valence-electron chi connectivity index (χ1n) is 8.19. The normalized spacial score (nSPS) is 17.3. The highest BCUT2D eigenvalue weighted by atomic mass is 19.4. The Morgan fingerprint density at radius 2 is 1.54 bits per heavy atom. The summed E-state index contributed by atoms with van der Waals surface area (Å²) in [4.78, 5) is 14.1. The number of nitrogens with zero attached hydrogens (tertiary/aromatic N) is 1. The van der Waals surface area contributed by atoms with E-state index >= 15 is 0 Å². The molecule has 1 aliphatic heterocycles. The summed E-state index contributed by atoms with van der Waals surface area (Å²) in [5.74, 6) is -0.191. The van der Waals surface area contributed by atoms with Gasteiger partial charge in [0.15, 0.2) is 0 Å². The van der Waals surface area contributed by atoms with E-state index in [1.165, 1.54) is 0 Å². The molecule has 1 heterocycles. The Kier molecular flexibility index (Phi) is 6.21. The maximum atomic E-state index is 12.8. The van der Waals surface area contributed by atoms with E-state index in [4.69, 9.17) is 0 Å². The fourth-order valence-electron chi connectivity index (χ4n) is 2.92. The highest BCUT2D eigenvalue weighted by Gasteiger charge is 2.36. The summed E-state index contributed by atoms with van der Waals surface area (Å²) in [5.41, 5.74) is -3.00. The molecular formula is C17H20F6N2O. The first kappa shape index (κ1) is 20.5. The van der Waals surface area contributed by atoms with Crippen LogP contribution in [0.15, 0.2) is 18.2 Å². The monoisotopic (exact) mass is 382 g/mol. The van der Waals surface area contributed by atoms with Gasteiger partial charge in [-0.25, -0.2) is 0 Å². The van der Waals surface area contributed by atoms with Crippen molar-refractivity contribution in [3.63, 3.8) is 0 Å². The summed E-state index contributed by atoms with van der Waals surface area (Å²) in [5, 5.41) is 2.43. The molecule has 1 amide bonds. The van der Waals surface area contributed by atoms with Crippen LogP contribution in [0.1, 0.15) is 36.0 Å². The minimum atomic E-state index is -4.89. The lowest BCUT2D eigenvalue weighted by atomic mass is 9.93. The van der Waals surface area contributed by atoms with Crippen LogP contribution in [-0.4, -0.2) is 30.9 Å². The Balaban J connectivity index is 2.02. The van der Waals surface area contributed by atoms with Gasteiger partial charge in [-0.15, -0.1) is 0 Å². The van der Waals surface area contributed by atoms with Crippen molar-refractivity contribution in [1.29, 1.82) is 0 Å². The average molecular weight is 382 g/mol. The number of halogens is 6. The van der Waals surface area contributed by atoms with E-state index in [-0.39, 0.29) is 36.4 Å². The molecule has 0 atom stereocenters. The molecule has 1 aromatic carbocycles. The van der Waals surface area contributed by atoms with Gasteiger partial charge < -0.3 is 10.2 Å². The summed E-state index contributed by atoms with van der Waals surface area (Å²) in [7, 11) is 1.97. The van der Waals surface area contributed by atoms with Crippen molar-refractivity contribution < 1.29 is 31.1 Å². The molecule has 0 unspecified atom stereocenters. The van der Waals surface area contributed by atoms with Crippen LogP contribution >= 0.6 is 0 Å². The third kappa shape index (κ3) is 5.89. The van der Waals surface area contributed by atoms with Crippen molar-refractivity contribution >= 4 is 5.91 Å². The van der Waals surface area contributed by atoms with Gasteiger partial charge in [-0.3, -0.25) is 4.79 Å². The molecular weight excluding hydrogens is 362 g/mol. The molecule has 0 radical (unpaired) electrons. The molecule has 26 heavy (non-hydrogen) atoms. The summed E-state index contributed by atoms with van der Waals surface area (Å²) < 4.78 is 76.9. The van der Waals surface area contributed by atoms with E-state index in [0.29, 0.717) is 12.1 Å². The summed E-state index contributed by atoms with van der Waals surface area (Å²) in [6, 6.07) is 1.33. The van der Waals surface area contributed by atoms with Crippen LogP contribution in [0, 0.1) is 5.92 Å². The van der Waals surface area contributed by atoms with Crippen LogP contribution in [0.4, 0.5) is 26.3 Å². The largest absolute Gasteiger partial charge is 0.416 e. The molecule has 1 aromatic rings. The minimum absolute atomic E-state index is 0.0733. The van der Waals surface area contributed by atoms with Crippen molar-refractivity contribution in [3.8, 4) is 0 Å². The van der Waals surface area contributed by atoms with Gasteiger partial charge in [0.25, 0.3) is 0 Å². The van der Waals surface area contributed by atoms with E-state index in [2.05, 4.69) is 10.2 Å². The Morgan fingerprint density at radius 3 is 2.00 bits per heavy atom. The maximum absolute atomic E-state index is 12.8. The second-order valence-corrected chi connectivity index (χ2v) is 6.64. The van der Waals surface area contributed by atoms with Crippen molar-refractivity contribution in [2.24, 2.45) is 5.92 Å². The van der Waals surface area contributed by atoms with Crippen LogP contribution in [0.2, 0.25) is 0 Å². The lowest BCUT2D eigenvalue weighted by Gasteiger charge is -2.28. The smallest absolute Gasteiger partial charge is 0.352 e. The molecule has 146 valence electrons. The van der Waals surface area contributed by atoms with Gasteiger partial charge >= 0.3 is 12.4 Å². The third-order valence-corrected chi connectivity index (χ3v) is 4.45. The maximum Gasteiger partial charge on any atom is 0.416 e. The lowest BCUT2D eigenvalue weighted by molar-refractivity contribution is -0.143. The van der Waals surface area contributed by atoms with E-state index < -0.39 is 23.5 Å². The SMILES string of the molecule is CN1CCC(CC(=O)NCc2cc(C(F)(F)F)cc(C(F)(F)F)c2)CC1. The summed E-state index contributed by atoms with van der Waals surface area (Å²) >= 11 is 0. The number of piperidine rings is 1. The summed E-state index contributed by atoms with van der Waals surface area (Å²) in [6.07, 6.45) is -7.89. The first-order chi connectivity index (χ1) is 11.9. The molecule has 3 nitrogen and oxygen atoms in total. The Labute approximate surface area is 147 Å². The fourth-order valence-corrected chi connectivity index (χ4v) is 2.92. The van der Waals surface area contributed by atoms with Crippen LogP contribution < -0.4 is 5.32 Å². The van der Waals surface area contributed by atoms with Crippen LogP contribution in [0.25, 0.3) is 0 Å². The van der Waals surface area contributed by atoms with Gasteiger partial charge in [-0.05, 0) is 62.7 Å². The van der Waals surface area contributed by atoms with E-state index in [1.54, 1.807) is 0 Å². The molecule has 2 rings (SSSR count). The number of carbonyl (C=O) groups excluding carboxylic acids is 1. The van der Waals surface area contributed by atoms with Crippen molar-refractivity contribution in [2.45, 2.75) is 38.2 Å². The molecule has 0 aliphatic carbocycles. The number of alkyl halides is 6. The average Bonchev–Trinajstić information content (AvgIpc) is 2.53. The molecule has 1 saturated heterocycles. The highest BCUT2D eigenvalue weighted by molar-refractivity contribution is 5.76. The predicted molar refractivity (Wildman–Crippen MR) is 83.1 cm³/mol. The number of amides is 1. The number of carbonyl (C=O) groups is 1. The van der Waals surface area contributed by atoms with E-state index in [0.717, 1.165) is 25.9 Å². The van der Waals surface area contributed by atoms with Gasteiger partial charge in [0, 0.05) is 13.0 Å². The second kappa shape index (κ2) is 7.85. The van der Waals surface area contributed by atoms with Crippen molar-refractivity contribution in [2.75, 3.05) is 20.1 Å². The highest BCUT2D eigenvalue weighted by Crippen LogP contribution is 2.36. The van der Waals surface area contributed by atoms with Crippen LogP contribution in [0.3, 0.4) is 0 Å². The second-order valence-electron chi connectivity index (χ2n) is 6.64. The lowest BCUT2D eigenvalue weighted by Crippen LogP contribution is -2.33. The summed E-state index contributed by atoms with van der Waals surface area (Å²) in [6.45, 7) is 1.35. The number of rotatable bonds is 4. The predicted octanol–water partition coefficient (Wildman–Crippen LogP) is 4.07. The van der Waals surface area contributed by atoms with Gasteiger partial charge in [-0.1, -0.05) is 0 Å². The van der Waals surface area contributed by atoms with Crippen LogP contribution in [0.5, 0.6) is 0 Å². The van der Waals surface area contributed by atoms with Crippen molar-refractivity contribution in [3.05, 3.63) is 34.9 Å². The third-order valence-electron chi connectivity index (χ3n) is 4.45. The number of likely N-dealkylation sites (tertiary alicyclic amines) is 1. The zero-order valence-corrected chi connectivity index (χ0v) is 14.2. The Bertz CT molecular complexity index is 601. The van der Waals surface area contributed by atoms with E-state index in [9.17, 15) is 31.1 Å². The van der Waals surface area contributed by atoms with Gasteiger partial charge in [-0.2, -0.15) is 26.3 Å². The molecule has 0 spiro atoms. The number of hydrogen-bond donors (Lipinski definition) is 1. The Morgan fingerprint density at radius 1 is 1.04 bits per heavy atom. The molecule has 0 saturated carbocycles. The number of hydrogen-bond acceptors (Lipinski definition) is 2. The molecule has 1 aliphatic rings. The number of benzene rings is 1. The molecule has 0 aromatic heterocycles. The van der Waals surface area contributed by atoms with Crippen LogP contribution in [-0.2, 0) is 23.7 Å². The quantitative estimate of drug-likeness (QED) is 0.797. The molecule has 1 N–H and O–H groups in total. The zero-order valence-electron chi connectivity index (χ0n) is 14.2. The van der Waals surface area contributed by atoms with Gasteiger partial charge in [0.2, 0.25) is 5.91 Å². The molecule has 1 fully saturated rings. The fraction of sp³-hybridized carbons (Fsp3) is 0.588. The number of nitrogens with one attached hydrogen (secondary N) is 1. The van der Waals surface area contributed by atoms with Gasteiger partial charge in [0.1, 0.15) is 0 Å². The minimum Gasteiger partial charge on any atom is -0.352 e. The molecule has 9 heteroatoms. The first-order valence-corrected chi connectivity index (χ1v) is 8.19. The van der Waals surface area contributed by atoms with Gasteiger partial charge in [0.05, 0.1) is 11.1 Å². The molecule has 0 bridgehead atoms. The zero-order chi connectivity index (χ0) is 19.5.